The summed E-state index contributed by atoms with van der Waals surface area (Å²) in [6.07, 6.45) is -5.41. The maximum Gasteiger partial charge on any atom is 0.368 e. The first-order chi connectivity index (χ1) is 27.8. The molecule has 60 heavy (non-hydrogen) atoms. The summed E-state index contributed by atoms with van der Waals surface area (Å²) < 4.78 is 159. The van der Waals surface area contributed by atoms with Gasteiger partial charge in [0.15, 0.2) is 20.2 Å². The predicted molar refractivity (Wildman–Crippen MR) is 195 cm³/mol. The third kappa shape index (κ3) is 10.5. The maximum atomic E-state index is 13.3. The number of carbonyl (C=O) groups excluding carboxylic acids is 4. The number of hydrogen-bond donors (Lipinski definition) is 1. The molecule has 2 aliphatic heterocycles. The van der Waals surface area contributed by atoms with Crippen LogP contribution in [0.3, 0.4) is 0 Å². The van der Waals surface area contributed by atoms with Gasteiger partial charge in [-0.05, 0) is 83.1 Å². The number of fused-ring (bicyclic) bond motifs is 2. The molecule has 4 saturated carbocycles. The molecule has 1 N–H and O–H groups in total. The topological polar surface area (TPSA) is 224 Å². The van der Waals surface area contributed by atoms with Crippen LogP contribution in [0.4, 0.5) is 26.3 Å². The van der Waals surface area contributed by atoms with E-state index in [1.807, 2.05) is 30.3 Å². The lowest BCUT2D eigenvalue weighted by atomic mass is 9.80. The van der Waals surface area contributed by atoms with Gasteiger partial charge in [-0.25, -0.2) is 25.6 Å². The first-order valence-corrected chi connectivity index (χ1v) is 22.4. The Morgan fingerprint density at radius 3 is 1.35 bits per heavy atom. The van der Waals surface area contributed by atoms with Gasteiger partial charge in [0.2, 0.25) is 12.3 Å². The summed E-state index contributed by atoms with van der Waals surface area (Å²) in [4.78, 5) is 50.2. The van der Waals surface area contributed by atoms with Crippen molar-refractivity contribution in [2.24, 2.45) is 47.3 Å². The molecule has 12 atom stereocenters. The van der Waals surface area contributed by atoms with Gasteiger partial charge in [-0.15, -0.1) is 0 Å². The van der Waals surface area contributed by atoms with E-state index in [1.165, 1.54) is 19.6 Å². The van der Waals surface area contributed by atoms with Crippen molar-refractivity contribution in [3.05, 3.63) is 30.3 Å². The monoisotopic (exact) mass is 927 g/mol. The summed E-state index contributed by atoms with van der Waals surface area (Å²) >= 11 is 3.36. The molecule has 15 nitrogen and oxygen atoms in total. The van der Waals surface area contributed by atoms with E-state index in [9.17, 15) is 71.5 Å². The quantitative estimate of drug-likeness (QED) is 0.0972. The zero-order valence-electron chi connectivity index (χ0n) is 32.5. The SMILES string of the molecule is CC[NH+](CC)CC.O=C(OCC(F)C(F)(F)S(=O)(=O)[O-])C1C2CC3OC(=O)C1C3C2.O=C(OCC(F)C(F)(F)S(=O)(=O)[O-])C1C2CC3OC(=O)C1C3C2.[SH2+]c1ccccc1. The van der Waals surface area contributed by atoms with Gasteiger partial charge in [0, 0.05) is 11.8 Å². The highest BCUT2D eigenvalue weighted by Crippen LogP contribution is 2.59. The molecule has 2 heterocycles. The van der Waals surface area contributed by atoms with Crippen molar-refractivity contribution < 1.29 is 95.3 Å². The highest BCUT2D eigenvalue weighted by molar-refractivity contribution is 7.87. The normalized spacial score (nSPS) is 30.5. The second-order valence-electron chi connectivity index (χ2n) is 15.2. The van der Waals surface area contributed by atoms with Crippen LogP contribution in [-0.4, -0.2) is 118 Å². The lowest BCUT2D eigenvalue weighted by Crippen LogP contribution is -3.11. The number of nitrogens with one attached hydrogen (secondary N) is 1. The van der Waals surface area contributed by atoms with Crippen LogP contribution in [0, 0.1) is 47.3 Å². The molecule has 12 unspecified atom stereocenters. The van der Waals surface area contributed by atoms with Gasteiger partial charge in [0.25, 0.3) is 0 Å². The number of ether oxygens (including phenoxy) is 4. The fraction of sp³-hybridized carbons (Fsp3) is 0.722. The van der Waals surface area contributed by atoms with Gasteiger partial charge in [-0.2, -0.15) is 17.6 Å². The Bertz CT molecular complexity index is 1810. The minimum Gasteiger partial charge on any atom is -0.743 e. The molecule has 1 aromatic rings. The van der Waals surface area contributed by atoms with Crippen LogP contribution in [0.5, 0.6) is 0 Å². The molecule has 0 spiro atoms. The average Bonchev–Trinajstić information content (AvgIpc) is 4.00. The Kier molecular flexibility index (Phi) is 16.0. The molecule has 1 aromatic carbocycles. The molecule has 0 aromatic heterocycles. The van der Waals surface area contributed by atoms with Crippen molar-refractivity contribution in [1.82, 2.24) is 0 Å². The van der Waals surface area contributed by atoms with Crippen LogP contribution in [0.2, 0.25) is 0 Å². The van der Waals surface area contributed by atoms with Crippen LogP contribution >= 0.6 is 0 Å². The smallest absolute Gasteiger partial charge is 0.368 e. The standard InChI is InChI=1S/2C12H13F3O7S.C6H15N.C6H6S/c2*13-7(12(14,15)23(18,19)20)3-21-10(16)8-4-1-5-6(2-4)22-11(17)9(5)8;1-4-7(5-2)6-3;7-6-4-2-1-3-5-6/h2*4-9H,1-3H2,(H,18,19,20);4-6H2,1-3H3;1-5,7H. The zero-order chi connectivity index (χ0) is 45.1. The van der Waals surface area contributed by atoms with Gasteiger partial charge < -0.3 is 33.0 Å². The van der Waals surface area contributed by atoms with E-state index in [4.69, 9.17) is 9.47 Å². The summed E-state index contributed by atoms with van der Waals surface area (Å²) in [6, 6.07) is 9.96. The Balaban J connectivity index is 0.000000201. The molecular formula is C36H47F6NO14S3. The lowest BCUT2D eigenvalue weighted by Gasteiger charge is -2.25. The van der Waals surface area contributed by atoms with Crippen LogP contribution in [-0.2, 0) is 71.0 Å². The molecule has 24 heteroatoms. The summed E-state index contributed by atoms with van der Waals surface area (Å²) in [6.45, 7) is 7.33. The van der Waals surface area contributed by atoms with Gasteiger partial charge >= 0.3 is 34.4 Å². The molecule has 0 radical (unpaired) electrons. The van der Waals surface area contributed by atoms with Crippen molar-refractivity contribution in [2.75, 3.05) is 32.8 Å². The van der Waals surface area contributed by atoms with Crippen molar-refractivity contribution in [1.29, 1.82) is 0 Å². The van der Waals surface area contributed by atoms with Gasteiger partial charge in [-0.3, -0.25) is 19.2 Å². The minimum absolute atomic E-state index is 0.130. The van der Waals surface area contributed by atoms with E-state index in [0.29, 0.717) is 25.7 Å². The van der Waals surface area contributed by atoms with E-state index < -0.39 is 104 Å². The van der Waals surface area contributed by atoms with E-state index in [2.05, 4.69) is 42.9 Å². The highest BCUT2D eigenvalue weighted by Gasteiger charge is 2.66. The molecule has 340 valence electrons. The second-order valence-corrected chi connectivity index (χ2v) is 18.7. The average molecular weight is 928 g/mol. The largest absolute Gasteiger partial charge is 0.743 e. The summed E-state index contributed by atoms with van der Waals surface area (Å²) in [5.41, 5.74) is 0. The molecule has 4 aliphatic carbocycles. The second kappa shape index (κ2) is 19.5. The third-order valence-corrected chi connectivity index (χ3v) is 14.1. The molecular weight excluding hydrogens is 881 g/mol. The van der Waals surface area contributed by atoms with Gasteiger partial charge in [0.1, 0.15) is 30.3 Å². The van der Waals surface area contributed by atoms with Crippen molar-refractivity contribution in [3.8, 4) is 0 Å². The molecule has 4 bridgehead atoms. The number of quaternary nitrogens is 1. The number of carbonyl (C=O) groups is 4. The number of alkyl halides is 6. The van der Waals surface area contributed by atoms with Crippen LogP contribution in [0.1, 0.15) is 46.5 Å². The number of esters is 4. The third-order valence-electron chi connectivity index (χ3n) is 11.9. The summed E-state index contributed by atoms with van der Waals surface area (Å²) in [7, 11) is -12.4. The van der Waals surface area contributed by atoms with Crippen molar-refractivity contribution in [3.63, 3.8) is 0 Å². The Labute approximate surface area is 348 Å². The van der Waals surface area contributed by atoms with E-state index in [0.717, 1.165) is 4.90 Å². The van der Waals surface area contributed by atoms with Crippen molar-refractivity contribution >= 4 is 56.7 Å². The fourth-order valence-corrected chi connectivity index (χ4v) is 9.80. The van der Waals surface area contributed by atoms with Crippen LogP contribution < -0.4 is 4.90 Å². The Hall–Kier alpha value is -3.19. The lowest BCUT2D eigenvalue weighted by molar-refractivity contribution is -0.894. The van der Waals surface area contributed by atoms with Gasteiger partial charge in [0.05, 0.1) is 43.3 Å². The number of hydrogen-bond acceptors (Lipinski definition) is 14. The molecule has 6 aliphatic rings. The first-order valence-electron chi connectivity index (χ1n) is 19.1. The Morgan fingerprint density at radius 2 is 1.08 bits per heavy atom. The van der Waals surface area contributed by atoms with E-state index in [-0.39, 0.29) is 35.9 Å². The number of benzene rings is 1. The van der Waals surface area contributed by atoms with E-state index in [1.54, 1.807) is 4.90 Å². The molecule has 7 rings (SSSR count). The van der Waals surface area contributed by atoms with Crippen molar-refractivity contribution in [2.45, 2.75) is 86.4 Å². The highest BCUT2D eigenvalue weighted by atomic mass is 32.2. The van der Waals surface area contributed by atoms with Crippen LogP contribution in [0.15, 0.2) is 35.2 Å². The minimum atomic E-state index is -6.22. The Morgan fingerprint density at radius 1 is 0.733 bits per heavy atom. The fourth-order valence-electron chi connectivity index (χ4n) is 8.85. The maximum absolute atomic E-state index is 13.3. The van der Waals surface area contributed by atoms with E-state index >= 15 is 0 Å². The summed E-state index contributed by atoms with van der Waals surface area (Å²) in [5, 5.41) is -10.4. The molecule has 2 saturated heterocycles. The molecule has 0 amide bonds. The molecule has 6 fully saturated rings. The predicted octanol–water partition coefficient (Wildman–Crippen LogP) is 1.39. The van der Waals surface area contributed by atoms with Crippen LogP contribution in [0.25, 0.3) is 0 Å². The first kappa shape index (κ1) is 49.5. The summed E-state index contributed by atoms with van der Waals surface area (Å²) in [5.74, 6) is -7.19. The number of halogens is 6. The number of rotatable bonds is 13. The van der Waals surface area contributed by atoms with Gasteiger partial charge in [-0.1, -0.05) is 18.2 Å². The zero-order valence-corrected chi connectivity index (χ0v) is 35.1.